The van der Waals surface area contributed by atoms with E-state index in [4.69, 9.17) is 10.5 Å². The minimum Gasteiger partial charge on any atom is -0.381 e. The number of primary amides is 1. The van der Waals surface area contributed by atoms with Gasteiger partial charge in [0, 0.05) is 0 Å². The molecule has 0 aliphatic heterocycles. The number of thiazole rings is 1. The molecule has 2 aromatic rings. The van der Waals surface area contributed by atoms with Crippen LogP contribution in [0.4, 0.5) is 9.59 Å². The van der Waals surface area contributed by atoms with E-state index < -0.39 is 12.1 Å². The molecule has 3 amide bonds. The van der Waals surface area contributed by atoms with Gasteiger partial charge in [-0.15, -0.1) is 0 Å². The first-order valence-corrected chi connectivity index (χ1v) is 5.10. The molecule has 0 unspecified atom stereocenters. The number of nitrogens with one attached hydrogen (secondary N) is 1. The van der Waals surface area contributed by atoms with E-state index in [0.29, 0.717) is 0 Å². The van der Waals surface area contributed by atoms with Crippen LogP contribution in [0, 0.1) is 0 Å². The van der Waals surface area contributed by atoms with Crippen molar-refractivity contribution in [3.05, 3.63) is 24.3 Å². The van der Waals surface area contributed by atoms with Crippen LogP contribution >= 0.6 is 11.3 Å². The van der Waals surface area contributed by atoms with Gasteiger partial charge < -0.3 is 10.5 Å². The number of fused-ring (bicyclic) bond motifs is 1. The van der Waals surface area contributed by atoms with Gasteiger partial charge >= 0.3 is 12.1 Å². The van der Waals surface area contributed by atoms with Crippen LogP contribution < -0.4 is 15.8 Å². The number of nitrogens with two attached hydrogens (primary N) is 1. The number of imide groups is 1. The van der Waals surface area contributed by atoms with Gasteiger partial charge in [0.25, 0.3) is 5.19 Å². The van der Waals surface area contributed by atoms with Crippen LogP contribution in [-0.4, -0.2) is 17.1 Å². The number of nitrogens with zero attached hydrogens (tertiary/aromatic N) is 1. The summed E-state index contributed by atoms with van der Waals surface area (Å²) in [6.45, 7) is 0. The third-order valence-corrected chi connectivity index (χ3v) is 2.59. The lowest BCUT2D eigenvalue weighted by molar-refractivity contribution is 0.199. The molecule has 0 saturated heterocycles. The molecule has 3 N–H and O–H groups in total. The molecule has 0 spiro atoms. The predicted octanol–water partition coefficient (Wildman–Crippen LogP) is 1.46. The molecule has 0 aliphatic carbocycles. The van der Waals surface area contributed by atoms with E-state index in [-0.39, 0.29) is 5.19 Å². The normalized spacial score (nSPS) is 10.0. The summed E-state index contributed by atoms with van der Waals surface area (Å²) in [5.41, 5.74) is 5.49. The molecule has 1 aromatic carbocycles. The number of ether oxygens (including phenoxy) is 1. The van der Waals surface area contributed by atoms with Crippen molar-refractivity contribution in [1.29, 1.82) is 0 Å². The first-order chi connectivity index (χ1) is 7.65. The number of hydrogen-bond acceptors (Lipinski definition) is 5. The predicted molar refractivity (Wildman–Crippen MR) is 58.4 cm³/mol. The van der Waals surface area contributed by atoms with E-state index in [1.807, 2.05) is 18.2 Å². The summed E-state index contributed by atoms with van der Waals surface area (Å²) in [5.74, 6) is 0. The Bertz CT molecular complexity index is 519. The van der Waals surface area contributed by atoms with Crippen molar-refractivity contribution in [2.45, 2.75) is 0 Å². The summed E-state index contributed by atoms with van der Waals surface area (Å²) >= 11 is 1.21. The van der Waals surface area contributed by atoms with E-state index in [1.54, 1.807) is 11.4 Å². The number of benzene rings is 1. The minimum atomic E-state index is -0.967. The molecule has 0 bridgehead atoms. The van der Waals surface area contributed by atoms with E-state index in [9.17, 15) is 9.59 Å². The van der Waals surface area contributed by atoms with Gasteiger partial charge in [0.2, 0.25) is 0 Å². The van der Waals surface area contributed by atoms with Crippen LogP contribution in [0.15, 0.2) is 24.3 Å². The monoisotopic (exact) mass is 237 g/mol. The Balaban J connectivity index is 2.15. The van der Waals surface area contributed by atoms with E-state index >= 15 is 0 Å². The van der Waals surface area contributed by atoms with Crippen molar-refractivity contribution < 1.29 is 14.3 Å². The first-order valence-electron chi connectivity index (χ1n) is 4.29. The molecule has 0 saturated carbocycles. The fourth-order valence-corrected chi connectivity index (χ4v) is 1.91. The summed E-state index contributed by atoms with van der Waals surface area (Å²) in [4.78, 5) is 25.4. The molecule has 1 aromatic heterocycles. The van der Waals surface area contributed by atoms with E-state index in [0.717, 1.165) is 10.2 Å². The minimum absolute atomic E-state index is 0.167. The first kappa shape index (κ1) is 10.4. The average molecular weight is 237 g/mol. The lowest BCUT2D eigenvalue weighted by atomic mass is 10.3. The lowest BCUT2D eigenvalue weighted by Crippen LogP contribution is -2.36. The van der Waals surface area contributed by atoms with Crippen molar-refractivity contribution in [3.63, 3.8) is 0 Å². The maximum Gasteiger partial charge on any atom is 0.422 e. The zero-order valence-corrected chi connectivity index (χ0v) is 8.78. The number of para-hydroxylation sites is 1. The number of urea groups is 1. The Labute approximate surface area is 94.0 Å². The van der Waals surface area contributed by atoms with Gasteiger partial charge in [0.15, 0.2) is 0 Å². The number of hydrogen-bond donors (Lipinski definition) is 2. The third kappa shape index (κ3) is 2.26. The van der Waals surface area contributed by atoms with Gasteiger partial charge in [-0.25, -0.2) is 19.9 Å². The Morgan fingerprint density at radius 3 is 2.81 bits per heavy atom. The second-order valence-electron chi connectivity index (χ2n) is 2.83. The van der Waals surface area contributed by atoms with Gasteiger partial charge in [-0.3, -0.25) is 0 Å². The van der Waals surface area contributed by atoms with Crippen molar-refractivity contribution >= 4 is 33.7 Å². The van der Waals surface area contributed by atoms with E-state index in [2.05, 4.69) is 4.98 Å². The van der Waals surface area contributed by atoms with Crippen molar-refractivity contribution in [2.75, 3.05) is 0 Å². The summed E-state index contributed by atoms with van der Waals surface area (Å²) in [6.07, 6.45) is -0.938. The molecule has 82 valence electrons. The molecule has 0 fully saturated rings. The SMILES string of the molecule is NC(=O)NC(=O)Oc1nc2ccccc2s1. The molecule has 16 heavy (non-hydrogen) atoms. The molecule has 0 radical (unpaired) electrons. The van der Waals surface area contributed by atoms with Crippen LogP contribution in [0.2, 0.25) is 0 Å². The number of carbonyl (C=O) groups is 2. The van der Waals surface area contributed by atoms with Crippen LogP contribution in [0.25, 0.3) is 10.2 Å². The maximum atomic E-state index is 11.0. The number of amides is 3. The summed E-state index contributed by atoms with van der Waals surface area (Å²) in [5, 5.41) is 1.95. The topological polar surface area (TPSA) is 94.3 Å². The van der Waals surface area contributed by atoms with Gasteiger partial charge in [0.1, 0.15) is 0 Å². The zero-order valence-electron chi connectivity index (χ0n) is 7.97. The maximum absolute atomic E-state index is 11.0. The fourth-order valence-electron chi connectivity index (χ4n) is 1.10. The molecular weight excluding hydrogens is 230 g/mol. The molecule has 7 heteroatoms. The molecule has 2 rings (SSSR count). The molecule has 1 heterocycles. The average Bonchev–Trinajstić information content (AvgIpc) is 2.57. The van der Waals surface area contributed by atoms with Crippen LogP contribution in [0.3, 0.4) is 0 Å². The largest absolute Gasteiger partial charge is 0.422 e. The zero-order chi connectivity index (χ0) is 11.5. The lowest BCUT2D eigenvalue weighted by Gasteiger charge is -1.98. The second kappa shape index (κ2) is 4.15. The fraction of sp³-hybridized carbons (Fsp3) is 0. The molecule has 6 nitrogen and oxygen atoms in total. The summed E-state index contributed by atoms with van der Waals surface area (Å²) in [6, 6.07) is 6.37. The van der Waals surface area contributed by atoms with Gasteiger partial charge in [-0.2, -0.15) is 0 Å². The Morgan fingerprint density at radius 1 is 1.38 bits per heavy atom. The molecular formula is C9H7N3O3S. The van der Waals surface area contributed by atoms with Crippen LogP contribution in [0.5, 0.6) is 5.19 Å². The quantitative estimate of drug-likeness (QED) is 0.785. The highest BCUT2D eigenvalue weighted by Crippen LogP contribution is 2.27. The van der Waals surface area contributed by atoms with Gasteiger partial charge in [-0.1, -0.05) is 23.5 Å². The van der Waals surface area contributed by atoms with Gasteiger partial charge in [-0.05, 0) is 12.1 Å². The third-order valence-electron chi connectivity index (χ3n) is 1.68. The van der Waals surface area contributed by atoms with Crippen LogP contribution in [-0.2, 0) is 0 Å². The highest BCUT2D eigenvalue weighted by Gasteiger charge is 2.10. The Hall–Kier alpha value is -2.15. The van der Waals surface area contributed by atoms with Crippen molar-refractivity contribution in [3.8, 4) is 5.19 Å². The summed E-state index contributed by atoms with van der Waals surface area (Å²) in [7, 11) is 0. The Kier molecular flexibility index (Phi) is 2.69. The van der Waals surface area contributed by atoms with Crippen LogP contribution in [0.1, 0.15) is 0 Å². The van der Waals surface area contributed by atoms with E-state index in [1.165, 1.54) is 11.3 Å². The Morgan fingerprint density at radius 2 is 2.12 bits per heavy atom. The number of aromatic nitrogens is 1. The van der Waals surface area contributed by atoms with Crippen molar-refractivity contribution in [2.24, 2.45) is 5.73 Å². The second-order valence-corrected chi connectivity index (χ2v) is 3.82. The highest BCUT2D eigenvalue weighted by molar-refractivity contribution is 7.20. The molecule has 0 atom stereocenters. The smallest absolute Gasteiger partial charge is 0.381 e. The number of rotatable bonds is 1. The van der Waals surface area contributed by atoms with Gasteiger partial charge in [0.05, 0.1) is 10.2 Å². The highest BCUT2D eigenvalue weighted by atomic mass is 32.1. The molecule has 0 aliphatic rings. The summed E-state index contributed by atoms with van der Waals surface area (Å²) < 4.78 is 5.66. The number of carbonyl (C=O) groups excluding carboxylic acids is 2. The van der Waals surface area contributed by atoms with Crippen molar-refractivity contribution in [1.82, 2.24) is 10.3 Å². The standard InChI is InChI=1S/C9H7N3O3S/c10-7(13)12-8(14)15-9-11-5-3-1-2-4-6(5)16-9/h1-4H,(H3,10,12,13,14).